The fourth-order valence-electron chi connectivity index (χ4n) is 3.62. The van der Waals surface area contributed by atoms with Gasteiger partial charge in [0, 0.05) is 30.2 Å². The number of halogens is 1. The van der Waals surface area contributed by atoms with Crippen molar-refractivity contribution >= 4 is 28.9 Å². The van der Waals surface area contributed by atoms with E-state index in [-0.39, 0.29) is 17.6 Å². The second kappa shape index (κ2) is 7.62. The average molecular weight is 381 g/mol. The quantitative estimate of drug-likeness (QED) is 0.764. The fraction of sp³-hybridized carbons (Fsp3) is 0.364. The number of rotatable bonds is 5. The van der Waals surface area contributed by atoms with Crippen LogP contribution in [0.5, 0.6) is 0 Å². The molecule has 1 aliphatic heterocycles. The predicted octanol–water partition coefficient (Wildman–Crippen LogP) is 4.17. The maximum Gasteiger partial charge on any atom is 0.240 e. The summed E-state index contributed by atoms with van der Waals surface area (Å²) in [6, 6.07) is 13.3. The van der Waals surface area contributed by atoms with Crippen LogP contribution in [0.2, 0.25) is 0 Å². The molecule has 1 saturated heterocycles. The number of carbonyl (C=O) groups excluding carboxylic acids is 2. The molecule has 1 heterocycles. The highest BCUT2D eigenvalue weighted by atomic mass is 19.1. The lowest BCUT2D eigenvalue weighted by atomic mass is 10.0. The zero-order valence-corrected chi connectivity index (χ0v) is 15.7. The number of hydrogen-bond acceptors (Lipinski definition) is 3. The molecule has 2 aromatic rings. The van der Waals surface area contributed by atoms with Crippen molar-refractivity contribution in [3.8, 4) is 0 Å². The molecule has 2 amide bonds. The first kappa shape index (κ1) is 18.5. The van der Waals surface area contributed by atoms with Crippen LogP contribution in [-0.4, -0.2) is 24.9 Å². The van der Waals surface area contributed by atoms with Crippen LogP contribution in [0.3, 0.4) is 0 Å². The lowest BCUT2D eigenvalue weighted by Gasteiger charge is -2.28. The number of carbonyl (C=O) groups is 2. The number of anilines is 3. The molecule has 0 radical (unpaired) electrons. The Morgan fingerprint density at radius 1 is 0.786 bits per heavy atom. The minimum atomic E-state index is -1.04. The van der Waals surface area contributed by atoms with Crippen molar-refractivity contribution < 1.29 is 14.0 Å². The van der Waals surface area contributed by atoms with Gasteiger partial charge in [-0.1, -0.05) is 0 Å². The molecule has 1 saturated carbocycles. The molecule has 2 N–H and O–H groups in total. The minimum Gasteiger partial charge on any atom is -0.372 e. The van der Waals surface area contributed by atoms with E-state index in [1.807, 2.05) is 24.3 Å². The summed E-state index contributed by atoms with van der Waals surface area (Å²) in [5.41, 5.74) is 1.29. The summed E-state index contributed by atoms with van der Waals surface area (Å²) >= 11 is 0. The van der Waals surface area contributed by atoms with E-state index in [1.165, 1.54) is 43.5 Å². The summed E-state index contributed by atoms with van der Waals surface area (Å²) in [5.74, 6) is -1.01. The second-order valence-corrected chi connectivity index (χ2v) is 7.59. The average Bonchev–Trinajstić information content (AvgIpc) is 3.53. The van der Waals surface area contributed by atoms with Crippen molar-refractivity contribution in [1.29, 1.82) is 0 Å². The van der Waals surface area contributed by atoms with Crippen molar-refractivity contribution in [2.75, 3.05) is 28.6 Å². The fourth-order valence-corrected chi connectivity index (χ4v) is 3.62. The standard InChI is InChI=1S/C22H24FN3O2/c23-16-4-6-17(7-5-16)24-20(27)22(12-13-22)21(28)25-18-8-10-19(11-9-18)26-14-2-1-3-15-26/h4-11H,1-3,12-15H2,(H,24,27)(H,25,28). The van der Waals surface area contributed by atoms with Gasteiger partial charge >= 0.3 is 0 Å². The summed E-state index contributed by atoms with van der Waals surface area (Å²) in [6.07, 6.45) is 4.73. The molecule has 5 nitrogen and oxygen atoms in total. The predicted molar refractivity (Wildman–Crippen MR) is 108 cm³/mol. The highest BCUT2D eigenvalue weighted by molar-refractivity contribution is 6.16. The smallest absolute Gasteiger partial charge is 0.240 e. The zero-order valence-electron chi connectivity index (χ0n) is 15.7. The Kier molecular flexibility index (Phi) is 5.03. The van der Waals surface area contributed by atoms with E-state index in [0.29, 0.717) is 24.2 Å². The van der Waals surface area contributed by atoms with E-state index in [0.717, 1.165) is 18.8 Å². The van der Waals surface area contributed by atoms with Gasteiger partial charge in [-0.05, 0) is 80.6 Å². The van der Waals surface area contributed by atoms with Crippen LogP contribution in [0, 0.1) is 11.2 Å². The highest BCUT2D eigenvalue weighted by Gasteiger charge is 2.56. The first-order valence-corrected chi connectivity index (χ1v) is 9.80. The Balaban J connectivity index is 1.38. The monoisotopic (exact) mass is 381 g/mol. The molecule has 1 aliphatic carbocycles. The normalized spacial score (nSPS) is 17.7. The molecule has 0 unspecified atom stereocenters. The molecule has 28 heavy (non-hydrogen) atoms. The molecule has 2 fully saturated rings. The lowest BCUT2D eigenvalue weighted by molar-refractivity contribution is -0.131. The number of hydrogen-bond donors (Lipinski definition) is 2. The topological polar surface area (TPSA) is 61.4 Å². The van der Waals surface area contributed by atoms with Crippen LogP contribution in [0.25, 0.3) is 0 Å². The van der Waals surface area contributed by atoms with Gasteiger partial charge in [-0.15, -0.1) is 0 Å². The van der Waals surface area contributed by atoms with E-state index in [2.05, 4.69) is 15.5 Å². The van der Waals surface area contributed by atoms with Gasteiger partial charge in [-0.25, -0.2) is 4.39 Å². The van der Waals surface area contributed by atoms with Crippen LogP contribution in [0.1, 0.15) is 32.1 Å². The number of amides is 2. The highest BCUT2D eigenvalue weighted by Crippen LogP contribution is 2.47. The first-order chi connectivity index (χ1) is 13.6. The van der Waals surface area contributed by atoms with Crippen molar-refractivity contribution in [2.45, 2.75) is 32.1 Å². The van der Waals surface area contributed by atoms with Gasteiger partial charge in [0.15, 0.2) is 0 Å². The van der Waals surface area contributed by atoms with Gasteiger partial charge in [-0.3, -0.25) is 9.59 Å². The molecule has 146 valence electrons. The summed E-state index contributed by atoms with van der Waals surface area (Å²) in [4.78, 5) is 27.7. The lowest BCUT2D eigenvalue weighted by Crippen LogP contribution is -2.35. The van der Waals surface area contributed by atoms with Crippen molar-refractivity contribution in [3.05, 3.63) is 54.3 Å². The Hall–Kier alpha value is -2.89. The van der Waals surface area contributed by atoms with Crippen molar-refractivity contribution in [2.24, 2.45) is 5.41 Å². The van der Waals surface area contributed by atoms with Gasteiger partial charge in [0.25, 0.3) is 0 Å². The molecular formula is C22H24FN3O2. The first-order valence-electron chi connectivity index (χ1n) is 9.80. The molecule has 0 bridgehead atoms. The van der Waals surface area contributed by atoms with Crippen molar-refractivity contribution in [3.63, 3.8) is 0 Å². The van der Waals surface area contributed by atoms with Crippen LogP contribution in [0.15, 0.2) is 48.5 Å². The second-order valence-electron chi connectivity index (χ2n) is 7.59. The maximum absolute atomic E-state index is 13.0. The summed E-state index contributed by atoms with van der Waals surface area (Å²) in [6.45, 7) is 2.14. The Bertz CT molecular complexity index is 854. The van der Waals surface area contributed by atoms with E-state index >= 15 is 0 Å². The molecule has 4 rings (SSSR count). The summed E-state index contributed by atoms with van der Waals surface area (Å²) in [7, 11) is 0. The van der Waals surface area contributed by atoms with Crippen LogP contribution in [-0.2, 0) is 9.59 Å². The van der Waals surface area contributed by atoms with Crippen LogP contribution in [0.4, 0.5) is 21.5 Å². The third-order valence-corrected chi connectivity index (χ3v) is 5.57. The third-order valence-electron chi connectivity index (χ3n) is 5.57. The Morgan fingerprint density at radius 2 is 1.29 bits per heavy atom. The molecule has 2 aromatic carbocycles. The number of piperidine rings is 1. The van der Waals surface area contributed by atoms with E-state index < -0.39 is 5.41 Å². The number of benzene rings is 2. The van der Waals surface area contributed by atoms with E-state index in [1.54, 1.807) is 0 Å². The van der Waals surface area contributed by atoms with Gasteiger partial charge in [0.05, 0.1) is 0 Å². The van der Waals surface area contributed by atoms with Crippen LogP contribution >= 0.6 is 0 Å². The van der Waals surface area contributed by atoms with Crippen molar-refractivity contribution in [1.82, 2.24) is 0 Å². The Labute approximate surface area is 163 Å². The molecule has 0 aromatic heterocycles. The zero-order chi connectivity index (χ0) is 19.6. The molecule has 0 atom stereocenters. The maximum atomic E-state index is 13.0. The van der Waals surface area contributed by atoms with Gasteiger partial charge in [0.1, 0.15) is 11.2 Å². The summed E-state index contributed by atoms with van der Waals surface area (Å²) in [5, 5.41) is 5.59. The van der Waals surface area contributed by atoms with Crippen LogP contribution < -0.4 is 15.5 Å². The van der Waals surface area contributed by atoms with E-state index in [4.69, 9.17) is 0 Å². The number of nitrogens with zero attached hydrogens (tertiary/aromatic N) is 1. The SMILES string of the molecule is O=C(Nc1ccc(F)cc1)C1(C(=O)Nc2ccc(N3CCCCC3)cc2)CC1. The summed E-state index contributed by atoms with van der Waals surface area (Å²) < 4.78 is 13.0. The third kappa shape index (κ3) is 3.86. The molecule has 2 aliphatic rings. The number of nitrogens with one attached hydrogen (secondary N) is 2. The van der Waals surface area contributed by atoms with Gasteiger partial charge in [0.2, 0.25) is 11.8 Å². The molecule has 0 spiro atoms. The van der Waals surface area contributed by atoms with Gasteiger partial charge < -0.3 is 15.5 Å². The van der Waals surface area contributed by atoms with Gasteiger partial charge in [-0.2, -0.15) is 0 Å². The Morgan fingerprint density at radius 3 is 1.79 bits per heavy atom. The minimum absolute atomic E-state index is 0.294. The molecule has 6 heteroatoms. The largest absolute Gasteiger partial charge is 0.372 e. The van der Waals surface area contributed by atoms with E-state index in [9.17, 15) is 14.0 Å². The molecular weight excluding hydrogens is 357 g/mol.